The summed E-state index contributed by atoms with van der Waals surface area (Å²) in [4.78, 5) is 29.1. The van der Waals surface area contributed by atoms with Crippen molar-refractivity contribution in [3.63, 3.8) is 0 Å². The zero-order valence-corrected chi connectivity index (χ0v) is 12.1. The molecule has 0 bridgehead atoms. The predicted molar refractivity (Wildman–Crippen MR) is 74.7 cm³/mol. The number of hydrogen-bond acceptors (Lipinski definition) is 3. The molecule has 1 aromatic rings. The minimum absolute atomic E-state index is 0.146. The molecule has 0 atom stereocenters. The summed E-state index contributed by atoms with van der Waals surface area (Å²) in [5.41, 5.74) is 0.528. The van der Waals surface area contributed by atoms with Crippen molar-refractivity contribution in [1.29, 1.82) is 0 Å². The Morgan fingerprint density at radius 1 is 1.53 bits per heavy atom. The van der Waals surface area contributed by atoms with E-state index in [0.717, 1.165) is 19.4 Å². The maximum absolute atomic E-state index is 11.9. The highest BCUT2D eigenvalue weighted by atomic mass is 79.9. The molecule has 1 N–H and O–H groups in total. The molecule has 5 nitrogen and oxygen atoms in total. The van der Waals surface area contributed by atoms with Gasteiger partial charge >= 0.3 is 0 Å². The molecular formula is C13H16BrN3O2. The smallest absolute Gasteiger partial charge is 0.254 e. The molecular weight excluding hydrogens is 310 g/mol. The van der Waals surface area contributed by atoms with Crippen LogP contribution in [0, 0.1) is 0 Å². The molecule has 2 rings (SSSR count). The molecule has 1 aromatic heterocycles. The second-order valence-corrected chi connectivity index (χ2v) is 5.19. The topological polar surface area (TPSA) is 62.3 Å². The summed E-state index contributed by atoms with van der Waals surface area (Å²) in [5.74, 6) is 0.0778. The van der Waals surface area contributed by atoms with Crippen LogP contribution in [0.1, 0.15) is 29.6 Å². The number of nitrogens with zero attached hydrogens (tertiary/aromatic N) is 2. The predicted octanol–water partition coefficient (Wildman–Crippen LogP) is 1.59. The first-order chi connectivity index (χ1) is 9.18. The van der Waals surface area contributed by atoms with Crippen LogP contribution in [0.25, 0.3) is 0 Å². The molecule has 2 amide bonds. The molecule has 2 heterocycles. The van der Waals surface area contributed by atoms with Gasteiger partial charge in [-0.25, -0.2) is 4.98 Å². The van der Waals surface area contributed by atoms with E-state index in [4.69, 9.17) is 0 Å². The van der Waals surface area contributed by atoms with E-state index in [-0.39, 0.29) is 11.8 Å². The van der Waals surface area contributed by atoms with Crippen LogP contribution in [0.2, 0.25) is 0 Å². The summed E-state index contributed by atoms with van der Waals surface area (Å²) >= 11 is 3.24. The van der Waals surface area contributed by atoms with Crippen LogP contribution in [-0.2, 0) is 4.79 Å². The molecule has 0 aromatic carbocycles. The largest absolute Gasteiger partial charge is 0.352 e. The molecule has 1 aliphatic rings. The lowest BCUT2D eigenvalue weighted by molar-refractivity contribution is -0.127. The van der Waals surface area contributed by atoms with E-state index in [9.17, 15) is 9.59 Å². The Morgan fingerprint density at radius 3 is 3.05 bits per heavy atom. The van der Waals surface area contributed by atoms with Gasteiger partial charge in [-0.15, -0.1) is 0 Å². The molecule has 19 heavy (non-hydrogen) atoms. The number of pyridine rings is 1. The fourth-order valence-electron chi connectivity index (χ4n) is 2.06. The average Bonchev–Trinajstić information content (AvgIpc) is 2.80. The quantitative estimate of drug-likeness (QED) is 0.660. The van der Waals surface area contributed by atoms with Crippen LogP contribution in [0.4, 0.5) is 0 Å². The van der Waals surface area contributed by atoms with Gasteiger partial charge in [0.2, 0.25) is 5.91 Å². The van der Waals surface area contributed by atoms with Crippen molar-refractivity contribution >= 4 is 27.7 Å². The number of carbonyl (C=O) groups excluding carboxylic acids is 2. The van der Waals surface area contributed by atoms with E-state index >= 15 is 0 Å². The highest BCUT2D eigenvalue weighted by molar-refractivity contribution is 9.10. The fraction of sp³-hybridized carbons (Fsp3) is 0.462. The SMILES string of the molecule is O=C(NCCCN1CCCC1=O)c1cccnc1Br. The molecule has 0 aliphatic carbocycles. The standard InChI is InChI=1S/C13H16BrN3O2/c14-12-10(4-1-6-15-12)13(19)16-7-3-9-17-8-2-5-11(17)18/h1,4,6H,2-3,5,7-9H2,(H,16,19). The number of nitrogens with one attached hydrogen (secondary N) is 1. The van der Waals surface area contributed by atoms with Crippen molar-refractivity contribution in [2.24, 2.45) is 0 Å². The summed E-state index contributed by atoms with van der Waals surface area (Å²) in [6, 6.07) is 3.44. The van der Waals surface area contributed by atoms with Gasteiger partial charge in [-0.3, -0.25) is 9.59 Å². The minimum Gasteiger partial charge on any atom is -0.352 e. The number of carbonyl (C=O) groups is 2. The van der Waals surface area contributed by atoms with Gasteiger partial charge in [0.05, 0.1) is 5.56 Å². The first-order valence-electron chi connectivity index (χ1n) is 6.35. The van der Waals surface area contributed by atoms with Crippen LogP contribution in [0.5, 0.6) is 0 Å². The molecule has 1 saturated heterocycles. The van der Waals surface area contributed by atoms with Crippen molar-refractivity contribution in [3.8, 4) is 0 Å². The number of halogens is 1. The molecule has 1 fully saturated rings. The maximum atomic E-state index is 11.9. The highest BCUT2D eigenvalue weighted by Gasteiger charge is 2.19. The summed E-state index contributed by atoms with van der Waals surface area (Å²) in [7, 11) is 0. The fourth-order valence-corrected chi connectivity index (χ4v) is 2.49. The highest BCUT2D eigenvalue weighted by Crippen LogP contribution is 2.12. The van der Waals surface area contributed by atoms with Crippen LogP contribution in [-0.4, -0.2) is 41.3 Å². The van der Waals surface area contributed by atoms with Crippen molar-refractivity contribution in [2.45, 2.75) is 19.3 Å². The third-order valence-corrected chi connectivity index (χ3v) is 3.70. The van der Waals surface area contributed by atoms with Gasteiger partial charge in [-0.2, -0.15) is 0 Å². The van der Waals surface area contributed by atoms with Gasteiger partial charge in [0.25, 0.3) is 5.91 Å². The van der Waals surface area contributed by atoms with E-state index < -0.39 is 0 Å². The lowest BCUT2D eigenvalue weighted by atomic mass is 10.2. The summed E-state index contributed by atoms with van der Waals surface area (Å²) in [6.45, 7) is 2.12. The molecule has 0 unspecified atom stereocenters. The van der Waals surface area contributed by atoms with Crippen molar-refractivity contribution in [2.75, 3.05) is 19.6 Å². The van der Waals surface area contributed by atoms with E-state index in [1.165, 1.54) is 0 Å². The second-order valence-electron chi connectivity index (χ2n) is 4.44. The van der Waals surface area contributed by atoms with Crippen LogP contribution in [0.3, 0.4) is 0 Å². The Bertz CT molecular complexity index is 479. The number of amides is 2. The second kappa shape index (κ2) is 6.65. The van der Waals surface area contributed by atoms with E-state index in [1.807, 2.05) is 4.90 Å². The van der Waals surface area contributed by atoms with Crippen molar-refractivity contribution in [3.05, 3.63) is 28.5 Å². The lowest BCUT2D eigenvalue weighted by Crippen LogP contribution is -2.30. The Hall–Kier alpha value is -1.43. The number of hydrogen-bond donors (Lipinski definition) is 1. The van der Waals surface area contributed by atoms with Gasteiger partial charge in [-0.05, 0) is 40.9 Å². The van der Waals surface area contributed by atoms with Crippen LogP contribution < -0.4 is 5.32 Å². The third kappa shape index (κ3) is 3.76. The van der Waals surface area contributed by atoms with E-state index in [1.54, 1.807) is 18.3 Å². The van der Waals surface area contributed by atoms with Crippen molar-refractivity contribution in [1.82, 2.24) is 15.2 Å². The molecule has 6 heteroatoms. The maximum Gasteiger partial charge on any atom is 0.254 e. The Labute approximate surface area is 120 Å². The number of likely N-dealkylation sites (tertiary alicyclic amines) is 1. The van der Waals surface area contributed by atoms with Gasteiger partial charge in [-0.1, -0.05) is 0 Å². The number of rotatable bonds is 5. The first kappa shape index (κ1) is 14.0. The zero-order chi connectivity index (χ0) is 13.7. The minimum atomic E-state index is -0.146. The molecule has 102 valence electrons. The summed E-state index contributed by atoms with van der Waals surface area (Å²) < 4.78 is 0.544. The van der Waals surface area contributed by atoms with Gasteiger partial charge < -0.3 is 10.2 Å². The number of aromatic nitrogens is 1. The van der Waals surface area contributed by atoms with Crippen molar-refractivity contribution < 1.29 is 9.59 Å². The van der Waals surface area contributed by atoms with Gasteiger partial charge in [0.1, 0.15) is 4.60 Å². The first-order valence-corrected chi connectivity index (χ1v) is 7.14. The Kier molecular flexibility index (Phi) is 4.90. The third-order valence-electron chi connectivity index (χ3n) is 3.07. The summed E-state index contributed by atoms with van der Waals surface area (Å²) in [6.07, 6.45) is 4.01. The van der Waals surface area contributed by atoms with Crippen LogP contribution in [0.15, 0.2) is 22.9 Å². The normalized spacial score (nSPS) is 14.8. The monoisotopic (exact) mass is 325 g/mol. The Balaban J connectivity index is 1.72. The molecule has 0 radical (unpaired) electrons. The van der Waals surface area contributed by atoms with Crippen LogP contribution >= 0.6 is 15.9 Å². The van der Waals surface area contributed by atoms with Gasteiger partial charge in [0.15, 0.2) is 0 Å². The van der Waals surface area contributed by atoms with Gasteiger partial charge in [0, 0.05) is 32.3 Å². The molecule has 0 spiro atoms. The Morgan fingerprint density at radius 2 is 2.37 bits per heavy atom. The van der Waals surface area contributed by atoms with E-state index in [0.29, 0.717) is 29.7 Å². The summed E-state index contributed by atoms with van der Waals surface area (Å²) in [5, 5.41) is 2.83. The molecule has 1 aliphatic heterocycles. The lowest BCUT2D eigenvalue weighted by Gasteiger charge is -2.15. The van der Waals surface area contributed by atoms with E-state index in [2.05, 4.69) is 26.2 Å². The average molecular weight is 326 g/mol. The molecule has 0 saturated carbocycles. The zero-order valence-electron chi connectivity index (χ0n) is 10.6.